The lowest BCUT2D eigenvalue weighted by Crippen LogP contribution is -2.48. The summed E-state index contributed by atoms with van der Waals surface area (Å²) in [5, 5.41) is 4.71. The summed E-state index contributed by atoms with van der Waals surface area (Å²) in [5.41, 5.74) is 4.54. The minimum atomic E-state index is -0.0984. The molecule has 2 heterocycles. The number of carbonyl (C=O) groups excluding carboxylic acids is 1. The maximum atomic E-state index is 12.1. The molecule has 0 atom stereocenters. The Labute approximate surface area is 192 Å². The van der Waals surface area contributed by atoms with Crippen LogP contribution in [0.25, 0.3) is 16.3 Å². The van der Waals surface area contributed by atoms with Gasteiger partial charge < -0.3 is 10.2 Å². The average Bonchev–Trinajstić information content (AvgIpc) is 3.21. The number of aryl methyl sites for hydroxylation is 2. The Morgan fingerprint density at radius 3 is 2.71 bits per heavy atom. The summed E-state index contributed by atoms with van der Waals surface area (Å²) in [6.45, 7) is 9.62. The van der Waals surface area contributed by atoms with Gasteiger partial charge in [0, 0.05) is 50.4 Å². The third-order valence-electron chi connectivity index (χ3n) is 5.76. The molecule has 5 nitrogen and oxygen atoms in total. The molecule has 7 heteroatoms. The lowest BCUT2D eigenvalue weighted by atomic mass is 10.1. The van der Waals surface area contributed by atoms with Gasteiger partial charge in [0.05, 0.1) is 10.2 Å². The van der Waals surface area contributed by atoms with Crippen LogP contribution in [0.5, 0.6) is 0 Å². The molecule has 162 valence electrons. The standard InChI is InChI=1S/C24H27ClN4OS/c1-17-7-9-21-23(18(17)2)27-24(31-21)29-15-13-28(14-16-29)12-11-26-22(30)10-8-19-5-3-4-6-20(19)25/h3-10H,11-16H2,1-2H3,(H,26,30)/b10-8+. The van der Waals surface area contributed by atoms with Crippen LogP contribution in [0, 0.1) is 13.8 Å². The van der Waals surface area contributed by atoms with Crippen molar-refractivity contribution in [2.24, 2.45) is 0 Å². The van der Waals surface area contributed by atoms with Gasteiger partial charge in [-0.05, 0) is 48.7 Å². The van der Waals surface area contributed by atoms with Crippen LogP contribution in [0.4, 0.5) is 5.13 Å². The summed E-state index contributed by atoms with van der Waals surface area (Å²) in [4.78, 5) is 21.7. The predicted molar refractivity (Wildman–Crippen MR) is 131 cm³/mol. The van der Waals surface area contributed by atoms with Gasteiger partial charge in [0.1, 0.15) is 0 Å². The number of nitrogens with one attached hydrogen (secondary N) is 1. The molecule has 0 spiro atoms. The molecular weight excluding hydrogens is 428 g/mol. The zero-order valence-corrected chi connectivity index (χ0v) is 19.5. The maximum absolute atomic E-state index is 12.1. The Morgan fingerprint density at radius 2 is 1.94 bits per heavy atom. The maximum Gasteiger partial charge on any atom is 0.244 e. The van der Waals surface area contributed by atoms with Crippen LogP contribution in [0.2, 0.25) is 5.02 Å². The summed E-state index contributed by atoms with van der Waals surface area (Å²) in [5.74, 6) is -0.0984. The van der Waals surface area contributed by atoms with Gasteiger partial charge in [-0.25, -0.2) is 4.98 Å². The molecule has 2 aromatic carbocycles. The minimum absolute atomic E-state index is 0.0984. The van der Waals surface area contributed by atoms with Gasteiger partial charge in [-0.1, -0.05) is 47.2 Å². The smallest absolute Gasteiger partial charge is 0.244 e. The summed E-state index contributed by atoms with van der Waals surface area (Å²) < 4.78 is 1.26. The quantitative estimate of drug-likeness (QED) is 0.556. The van der Waals surface area contributed by atoms with E-state index in [9.17, 15) is 4.79 Å². The molecule has 3 aromatic rings. The SMILES string of the molecule is Cc1ccc2sc(N3CCN(CCNC(=O)/C=C/c4ccccc4Cl)CC3)nc2c1C. The molecule has 1 aliphatic heterocycles. The number of rotatable bonds is 6. The van der Waals surface area contributed by atoms with Gasteiger partial charge in [-0.15, -0.1) is 0 Å². The number of carbonyl (C=O) groups is 1. The van der Waals surface area contributed by atoms with E-state index in [4.69, 9.17) is 16.6 Å². The average molecular weight is 455 g/mol. The third-order valence-corrected chi connectivity index (χ3v) is 7.19. The Hall–Kier alpha value is -2.41. The fraction of sp³-hybridized carbons (Fsp3) is 0.333. The second-order valence-corrected chi connectivity index (χ2v) is 9.24. The van der Waals surface area contributed by atoms with Crippen LogP contribution in [0.15, 0.2) is 42.5 Å². The first-order valence-electron chi connectivity index (χ1n) is 10.6. The first-order valence-corrected chi connectivity index (χ1v) is 11.8. The van der Waals surface area contributed by atoms with E-state index in [0.717, 1.165) is 48.9 Å². The number of hydrogen-bond donors (Lipinski definition) is 1. The van der Waals surface area contributed by atoms with Crippen molar-refractivity contribution in [2.45, 2.75) is 13.8 Å². The van der Waals surface area contributed by atoms with Crippen LogP contribution in [0.3, 0.4) is 0 Å². The van der Waals surface area contributed by atoms with Crippen molar-refractivity contribution in [2.75, 3.05) is 44.2 Å². The number of piperazine rings is 1. The van der Waals surface area contributed by atoms with Crippen molar-refractivity contribution in [3.63, 3.8) is 0 Å². The highest BCUT2D eigenvalue weighted by Crippen LogP contribution is 2.32. The second-order valence-electron chi connectivity index (χ2n) is 7.83. The van der Waals surface area contributed by atoms with Gasteiger partial charge in [0.15, 0.2) is 5.13 Å². The number of benzene rings is 2. The number of thiazole rings is 1. The van der Waals surface area contributed by atoms with E-state index in [2.05, 4.69) is 41.1 Å². The minimum Gasteiger partial charge on any atom is -0.351 e. The molecule has 31 heavy (non-hydrogen) atoms. The number of halogens is 1. The third kappa shape index (κ3) is 5.26. The monoisotopic (exact) mass is 454 g/mol. The number of nitrogens with zero attached hydrogens (tertiary/aromatic N) is 3. The molecule has 0 bridgehead atoms. The number of amides is 1. The van der Waals surface area contributed by atoms with Crippen molar-refractivity contribution >= 4 is 50.3 Å². The van der Waals surface area contributed by atoms with Crippen LogP contribution >= 0.6 is 22.9 Å². The van der Waals surface area contributed by atoms with Crippen molar-refractivity contribution in [1.82, 2.24) is 15.2 Å². The topological polar surface area (TPSA) is 48.5 Å². The highest BCUT2D eigenvalue weighted by molar-refractivity contribution is 7.22. The van der Waals surface area contributed by atoms with Crippen molar-refractivity contribution in [3.8, 4) is 0 Å². The van der Waals surface area contributed by atoms with Crippen LogP contribution in [0.1, 0.15) is 16.7 Å². The fourth-order valence-electron chi connectivity index (χ4n) is 3.68. The fourth-order valence-corrected chi connectivity index (χ4v) is 4.96. The lowest BCUT2D eigenvalue weighted by molar-refractivity contribution is -0.116. The Kier molecular flexibility index (Phi) is 6.90. The molecule has 0 saturated carbocycles. The van der Waals surface area contributed by atoms with Crippen molar-refractivity contribution in [1.29, 1.82) is 0 Å². The molecular formula is C24H27ClN4OS. The van der Waals surface area contributed by atoms with E-state index < -0.39 is 0 Å². The molecule has 1 amide bonds. The normalized spacial score (nSPS) is 15.1. The van der Waals surface area contributed by atoms with E-state index in [1.807, 2.05) is 24.3 Å². The zero-order chi connectivity index (χ0) is 21.8. The lowest BCUT2D eigenvalue weighted by Gasteiger charge is -2.34. The van der Waals surface area contributed by atoms with Gasteiger partial charge in [0.2, 0.25) is 5.91 Å². The first-order chi connectivity index (χ1) is 15.0. The number of hydrogen-bond acceptors (Lipinski definition) is 5. The van der Waals surface area contributed by atoms with E-state index in [-0.39, 0.29) is 5.91 Å². The summed E-state index contributed by atoms with van der Waals surface area (Å²) in [6.07, 6.45) is 3.29. The van der Waals surface area contributed by atoms with Gasteiger partial charge in [-0.3, -0.25) is 9.69 Å². The first kappa shape index (κ1) is 21.8. The van der Waals surface area contributed by atoms with Crippen molar-refractivity contribution in [3.05, 3.63) is 64.2 Å². The summed E-state index contributed by atoms with van der Waals surface area (Å²) >= 11 is 7.89. The molecule has 4 rings (SSSR count). The zero-order valence-electron chi connectivity index (χ0n) is 17.9. The van der Waals surface area contributed by atoms with Gasteiger partial charge in [-0.2, -0.15) is 0 Å². The van der Waals surface area contributed by atoms with E-state index in [1.54, 1.807) is 17.4 Å². The Morgan fingerprint density at radius 1 is 1.16 bits per heavy atom. The molecule has 1 aliphatic rings. The van der Waals surface area contributed by atoms with E-state index in [1.165, 1.54) is 21.9 Å². The summed E-state index contributed by atoms with van der Waals surface area (Å²) in [7, 11) is 0. The number of fused-ring (bicyclic) bond motifs is 1. The molecule has 1 N–H and O–H groups in total. The van der Waals surface area contributed by atoms with Crippen molar-refractivity contribution < 1.29 is 4.79 Å². The summed E-state index contributed by atoms with van der Waals surface area (Å²) in [6, 6.07) is 11.8. The Bertz CT molecular complexity index is 1100. The van der Waals surface area contributed by atoms with Crippen LogP contribution in [-0.2, 0) is 4.79 Å². The molecule has 1 fully saturated rings. The molecule has 0 radical (unpaired) electrons. The number of aromatic nitrogens is 1. The van der Waals surface area contributed by atoms with Gasteiger partial charge >= 0.3 is 0 Å². The highest BCUT2D eigenvalue weighted by atomic mass is 35.5. The van der Waals surface area contributed by atoms with E-state index >= 15 is 0 Å². The molecule has 1 aromatic heterocycles. The van der Waals surface area contributed by atoms with E-state index in [0.29, 0.717) is 11.6 Å². The van der Waals surface area contributed by atoms with Crippen LogP contribution < -0.4 is 10.2 Å². The largest absolute Gasteiger partial charge is 0.351 e. The van der Waals surface area contributed by atoms with Gasteiger partial charge in [0.25, 0.3) is 0 Å². The second kappa shape index (κ2) is 9.81. The molecule has 0 aliphatic carbocycles. The highest BCUT2D eigenvalue weighted by Gasteiger charge is 2.20. The predicted octanol–water partition coefficient (Wildman–Crippen LogP) is 4.52. The Balaban J connectivity index is 1.23. The number of anilines is 1. The molecule has 1 saturated heterocycles. The molecule has 0 unspecified atom stereocenters. The van der Waals surface area contributed by atoms with Crippen LogP contribution in [-0.4, -0.2) is 55.1 Å².